The van der Waals surface area contributed by atoms with E-state index in [1.165, 1.54) is 0 Å². The first kappa shape index (κ1) is 11.5. The lowest BCUT2D eigenvalue weighted by Gasteiger charge is -2.03. The molecule has 94 valence electrons. The fourth-order valence-electron chi connectivity index (χ4n) is 2.08. The molecular weight excluding hydrogens is 240 g/mol. The molecule has 2 aromatic heterocycles. The SMILES string of the molecule is O=C(O)c1ccc2cnc(Cc3ccccc3)n2c1. The van der Waals surface area contributed by atoms with Crippen LogP contribution in [0.1, 0.15) is 21.7 Å². The molecule has 0 aliphatic heterocycles. The van der Waals surface area contributed by atoms with Crippen molar-refractivity contribution in [3.8, 4) is 0 Å². The van der Waals surface area contributed by atoms with Crippen molar-refractivity contribution in [3.05, 3.63) is 71.8 Å². The Balaban J connectivity index is 2.04. The van der Waals surface area contributed by atoms with Gasteiger partial charge >= 0.3 is 5.97 Å². The predicted octanol–water partition coefficient (Wildman–Crippen LogP) is 2.62. The number of nitrogens with zero attached hydrogens (tertiary/aromatic N) is 2. The lowest BCUT2D eigenvalue weighted by molar-refractivity contribution is 0.0696. The minimum Gasteiger partial charge on any atom is -0.478 e. The summed E-state index contributed by atoms with van der Waals surface area (Å²) < 4.78 is 1.83. The number of benzene rings is 1. The van der Waals surface area contributed by atoms with Gasteiger partial charge in [-0.2, -0.15) is 0 Å². The maximum absolute atomic E-state index is 11.0. The number of aromatic carboxylic acids is 1. The van der Waals surface area contributed by atoms with Crippen LogP contribution in [0, 0.1) is 0 Å². The third-order valence-corrected chi connectivity index (χ3v) is 3.06. The number of aromatic nitrogens is 2. The van der Waals surface area contributed by atoms with Crippen LogP contribution in [0.5, 0.6) is 0 Å². The van der Waals surface area contributed by atoms with E-state index in [1.807, 2.05) is 34.7 Å². The summed E-state index contributed by atoms with van der Waals surface area (Å²) in [5.41, 5.74) is 2.31. The number of fused-ring (bicyclic) bond motifs is 1. The van der Waals surface area contributed by atoms with Crippen LogP contribution in [-0.4, -0.2) is 20.5 Å². The van der Waals surface area contributed by atoms with Crippen LogP contribution >= 0.6 is 0 Å². The van der Waals surface area contributed by atoms with Gasteiger partial charge in [0.15, 0.2) is 0 Å². The van der Waals surface area contributed by atoms with Crippen molar-refractivity contribution in [2.75, 3.05) is 0 Å². The molecule has 19 heavy (non-hydrogen) atoms. The Bertz CT molecular complexity index is 732. The summed E-state index contributed by atoms with van der Waals surface area (Å²) in [6.07, 6.45) is 4.05. The number of carbonyl (C=O) groups is 1. The molecule has 3 rings (SSSR count). The fraction of sp³-hybridized carbons (Fsp3) is 0.0667. The molecule has 0 bridgehead atoms. The quantitative estimate of drug-likeness (QED) is 0.779. The van der Waals surface area contributed by atoms with Gasteiger partial charge in [0, 0.05) is 12.6 Å². The van der Waals surface area contributed by atoms with Crippen LogP contribution < -0.4 is 0 Å². The zero-order valence-corrected chi connectivity index (χ0v) is 10.2. The van der Waals surface area contributed by atoms with Crippen molar-refractivity contribution in [3.63, 3.8) is 0 Å². The summed E-state index contributed by atoms with van der Waals surface area (Å²) in [6, 6.07) is 13.3. The van der Waals surface area contributed by atoms with E-state index in [0.29, 0.717) is 6.42 Å². The highest BCUT2D eigenvalue weighted by atomic mass is 16.4. The molecule has 1 N–H and O–H groups in total. The lowest BCUT2D eigenvalue weighted by Crippen LogP contribution is -2.01. The number of pyridine rings is 1. The largest absolute Gasteiger partial charge is 0.478 e. The second-order valence-corrected chi connectivity index (χ2v) is 4.35. The van der Waals surface area contributed by atoms with E-state index in [-0.39, 0.29) is 5.56 Å². The minimum absolute atomic E-state index is 0.264. The van der Waals surface area contributed by atoms with Crippen LogP contribution in [0.4, 0.5) is 0 Å². The molecule has 0 aliphatic rings. The average molecular weight is 252 g/mol. The molecule has 0 fully saturated rings. The Kier molecular flexibility index (Phi) is 2.76. The standard InChI is InChI=1S/C15H12N2O2/c18-15(19)12-6-7-13-9-16-14(17(13)10-12)8-11-4-2-1-3-5-11/h1-7,9-10H,8H2,(H,18,19). The Morgan fingerprint density at radius 2 is 1.95 bits per heavy atom. The number of rotatable bonds is 3. The highest BCUT2D eigenvalue weighted by Crippen LogP contribution is 2.13. The first-order valence-corrected chi connectivity index (χ1v) is 5.97. The third-order valence-electron chi connectivity index (χ3n) is 3.06. The van der Waals surface area contributed by atoms with E-state index in [4.69, 9.17) is 5.11 Å². The summed E-state index contributed by atoms with van der Waals surface area (Å²) in [6.45, 7) is 0. The van der Waals surface area contributed by atoms with Gasteiger partial charge in [-0.15, -0.1) is 0 Å². The fourth-order valence-corrected chi connectivity index (χ4v) is 2.08. The second kappa shape index (κ2) is 4.57. The molecule has 1 aromatic carbocycles. The molecule has 0 radical (unpaired) electrons. The van der Waals surface area contributed by atoms with E-state index in [0.717, 1.165) is 16.9 Å². The van der Waals surface area contributed by atoms with Crippen molar-refractivity contribution in [2.24, 2.45) is 0 Å². The van der Waals surface area contributed by atoms with Gasteiger partial charge in [-0.25, -0.2) is 9.78 Å². The first-order chi connectivity index (χ1) is 9.24. The maximum atomic E-state index is 11.0. The molecule has 0 atom stereocenters. The Labute approximate surface area is 110 Å². The van der Waals surface area contributed by atoms with Gasteiger partial charge in [0.05, 0.1) is 17.3 Å². The number of hydrogen-bond donors (Lipinski definition) is 1. The van der Waals surface area contributed by atoms with Crippen LogP contribution in [0.15, 0.2) is 54.9 Å². The summed E-state index contributed by atoms with van der Waals surface area (Å²) >= 11 is 0. The maximum Gasteiger partial charge on any atom is 0.337 e. The Hall–Kier alpha value is -2.62. The molecule has 3 aromatic rings. The van der Waals surface area contributed by atoms with Crippen LogP contribution in [-0.2, 0) is 6.42 Å². The monoisotopic (exact) mass is 252 g/mol. The summed E-state index contributed by atoms with van der Waals surface area (Å²) in [4.78, 5) is 15.4. The Morgan fingerprint density at radius 1 is 1.16 bits per heavy atom. The van der Waals surface area contributed by atoms with Crippen molar-refractivity contribution in [1.82, 2.24) is 9.38 Å². The molecule has 0 aliphatic carbocycles. The number of carboxylic acids is 1. The predicted molar refractivity (Wildman–Crippen MR) is 71.4 cm³/mol. The molecule has 0 spiro atoms. The minimum atomic E-state index is -0.929. The summed E-state index contributed by atoms with van der Waals surface area (Å²) in [5, 5.41) is 9.03. The van der Waals surface area contributed by atoms with Crippen LogP contribution in [0.3, 0.4) is 0 Å². The molecule has 0 saturated heterocycles. The van der Waals surface area contributed by atoms with Gasteiger partial charge in [-0.3, -0.25) is 0 Å². The van der Waals surface area contributed by atoms with E-state index in [1.54, 1.807) is 24.5 Å². The smallest absolute Gasteiger partial charge is 0.337 e. The molecule has 0 saturated carbocycles. The van der Waals surface area contributed by atoms with Crippen molar-refractivity contribution in [2.45, 2.75) is 6.42 Å². The molecule has 4 nitrogen and oxygen atoms in total. The van der Waals surface area contributed by atoms with Gasteiger partial charge < -0.3 is 9.51 Å². The number of imidazole rings is 1. The number of carboxylic acid groups (broad SMARTS) is 1. The lowest BCUT2D eigenvalue weighted by atomic mass is 10.1. The van der Waals surface area contributed by atoms with Gasteiger partial charge in [-0.05, 0) is 17.7 Å². The van der Waals surface area contributed by atoms with Gasteiger partial charge in [0.25, 0.3) is 0 Å². The molecule has 4 heteroatoms. The van der Waals surface area contributed by atoms with E-state index < -0.39 is 5.97 Å². The Morgan fingerprint density at radius 3 is 2.68 bits per heavy atom. The first-order valence-electron chi connectivity index (χ1n) is 5.97. The normalized spacial score (nSPS) is 10.7. The molecule has 2 heterocycles. The van der Waals surface area contributed by atoms with E-state index in [9.17, 15) is 4.79 Å². The zero-order valence-electron chi connectivity index (χ0n) is 10.2. The van der Waals surface area contributed by atoms with Gasteiger partial charge in [0.2, 0.25) is 0 Å². The topological polar surface area (TPSA) is 54.6 Å². The molecule has 0 amide bonds. The van der Waals surface area contributed by atoms with Crippen molar-refractivity contribution < 1.29 is 9.90 Å². The molecular formula is C15H12N2O2. The van der Waals surface area contributed by atoms with E-state index >= 15 is 0 Å². The average Bonchev–Trinajstić information content (AvgIpc) is 2.82. The van der Waals surface area contributed by atoms with Crippen LogP contribution in [0.25, 0.3) is 5.52 Å². The summed E-state index contributed by atoms with van der Waals surface area (Å²) in [5.74, 6) is -0.0921. The van der Waals surface area contributed by atoms with Crippen molar-refractivity contribution >= 4 is 11.5 Å². The third kappa shape index (κ3) is 2.20. The highest BCUT2D eigenvalue weighted by molar-refractivity contribution is 5.87. The molecule has 0 unspecified atom stereocenters. The van der Waals surface area contributed by atoms with Crippen molar-refractivity contribution in [1.29, 1.82) is 0 Å². The summed E-state index contributed by atoms with van der Waals surface area (Å²) in [7, 11) is 0. The van der Waals surface area contributed by atoms with E-state index in [2.05, 4.69) is 4.98 Å². The second-order valence-electron chi connectivity index (χ2n) is 4.35. The van der Waals surface area contributed by atoms with Gasteiger partial charge in [-0.1, -0.05) is 30.3 Å². The zero-order chi connectivity index (χ0) is 13.2. The van der Waals surface area contributed by atoms with Crippen LogP contribution in [0.2, 0.25) is 0 Å². The number of hydrogen-bond acceptors (Lipinski definition) is 2. The van der Waals surface area contributed by atoms with Gasteiger partial charge in [0.1, 0.15) is 5.82 Å². The highest BCUT2D eigenvalue weighted by Gasteiger charge is 2.08.